The topological polar surface area (TPSA) is 60.2 Å². The minimum absolute atomic E-state index is 0.614. The molecule has 1 heterocycles. The Bertz CT molecular complexity index is 1220. The summed E-state index contributed by atoms with van der Waals surface area (Å²) in [6.45, 7) is 2.13. The second kappa shape index (κ2) is 9.11. The molecule has 0 fully saturated rings. The quantitative estimate of drug-likeness (QED) is 0.325. The van der Waals surface area contributed by atoms with Crippen molar-refractivity contribution in [3.05, 3.63) is 89.6 Å². The molecule has 0 aliphatic heterocycles. The van der Waals surface area contributed by atoms with E-state index < -0.39 is 0 Å². The van der Waals surface area contributed by atoms with Crippen LogP contribution in [-0.2, 0) is 6.42 Å². The van der Waals surface area contributed by atoms with Crippen molar-refractivity contribution >= 4 is 28.8 Å². The van der Waals surface area contributed by atoms with E-state index in [1.54, 1.807) is 7.11 Å². The van der Waals surface area contributed by atoms with Gasteiger partial charge in [-0.05, 0) is 71.1 Å². The van der Waals surface area contributed by atoms with Crippen LogP contribution in [0.2, 0.25) is 5.02 Å². The van der Waals surface area contributed by atoms with Gasteiger partial charge >= 0.3 is 0 Å². The summed E-state index contributed by atoms with van der Waals surface area (Å²) in [5, 5.41) is 4.22. The number of aromatic nitrogens is 1. The van der Waals surface area contributed by atoms with Gasteiger partial charge in [0.25, 0.3) is 0 Å². The molecule has 1 aromatic heterocycles. The zero-order chi connectivity index (χ0) is 21.8. The normalized spacial score (nSPS) is 10.7. The molecule has 4 nitrogen and oxygen atoms in total. The van der Waals surface area contributed by atoms with Crippen LogP contribution in [0.3, 0.4) is 0 Å². The van der Waals surface area contributed by atoms with Crippen LogP contribution in [0.4, 0.5) is 17.2 Å². The zero-order valence-corrected chi connectivity index (χ0v) is 18.3. The van der Waals surface area contributed by atoms with Crippen molar-refractivity contribution in [1.82, 2.24) is 4.98 Å². The van der Waals surface area contributed by atoms with E-state index in [1.807, 2.05) is 60.8 Å². The summed E-state index contributed by atoms with van der Waals surface area (Å²) in [5.74, 6) is 1.50. The number of rotatable bonds is 6. The summed E-state index contributed by atoms with van der Waals surface area (Å²) >= 11 is 6.17. The van der Waals surface area contributed by atoms with Gasteiger partial charge in [-0.1, -0.05) is 48.9 Å². The van der Waals surface area contributed by atoms with Crippen LogP contribution in [0, 0.1) is 0 Å². The molecule has 0 unspecified atom stereocenters. The molecule has 0 saturated heterocycles. The monoisotopic (exact) mass is 429 g/mol. The Labute approximate surface area is 187 Å². The zero-order valence-electron chi connectivity index (χ0n) is 17.5. The van der Waals surface area contributed by atoms with Gasteiger partial charge in [-0.15, -0.1) is 0 Å². The Hall–Kier alpha value is -3.50. The molecule has 0 radical (unpaired) electrons. The third-order valence-electron chi connectivity index (χ3n) is 5.23. The Morgan fingerprint density at radius 1 is 0.935 bits per heavy atom. The van der Waals surface area contributed by atoms with E-state index in [0.717, 1.165) is 50.8 Å². The molecule has 31 heavy (non-hydrogen) atoms. The van der Waals surface area contributed by atoms with Gasteiger partial charge in [-0.25, -0.2) is 4.98 Å². The summed E-state index contributed by atoms with van der Waals surface area (Å²) in [7, 11) is 1.62. The predicted octanol–water partition coefficient (Wildman–Crippen LogP) is 6.97. The standard InChI is InChI=1S/C26H24ClN3O/c1-3-22-23(19-10-11-25(31-2)24(28)16-19)12-13-29-26(22)30-21-9-5-7-18(15-21)17-6-4-8-20(27)14-17/h4-16H,3,28H2,1-2H3,(H,29,30). The van der Waals surface area contributed by atoms with Crippen LogP contribution >= 0.6 is 11.6 Å². The number of methoxy groups -OCH3 is 1. The highest BCUT2D eigenvalue weighted by Crippen LogP contribution is 2.34. The molecule has 3 N–H and O–H groups in total. The van der Waals surface area contributed by atoms with Gasteiger partial charge in [0, 0.05) is 22.5 Å². The number of nitrogen functional groups attached to an aromatic ring is 1. The van der Waals surface area contributed by atoms with Crippen molar-refractivity contribution in [2.24, 2.45) is 0 Å². The SMILES string of the molecule is CCc1c(-c2ccc(OC)c(N)c2)ccnc1Nc1cccc(-c2cccc(Cl)c2)c1. The lowest BCUT2D eigenvalue weighted by atomic mass is 9.98. The van der Waals surface area contributed by atoms with Crippen LogP contribution in [0.5, 0.6) is 5.75 Å². The molecule has 5 heteroatoms. The number of benzene rings is 3. The van der Waals surface area contributed by atoms with E-state index in [1.165, 1.54) is 0 Å². The van der Waals surface area contributed by atoms with E-state index in [-0.39, 0.29) is 0 Å². The van der Waals surface area contributed by atoms with E-state index in [4.69, 9.17) is 22.1 Å². The number of nitrogens with zero attached hydrogens (tertiary/aromatic N) is 1. The lowest BCUT2D eigenvalue weighted by Crippen LogP contribution is -2.01. The van der Waals surface area contributed by atoms with Crippen LogP contribution in [-0.4, -0.2) is 12.1 Å². The first-order chi connectivity index (χ1) is 15.1. The summed E-state index contributed by atoms with van der Waals surface area (Å²) in [6.07, 6.45) is 2.64. The van der Waals surface area contributed by atoms with E-state index in [0.29, 0.717) is 11.4 Å². The molecule has 0 aliphatic carbocycles. The van der Waals surface area contributed by atoms with Crippen molar-refractivity contribution in [3.63, 3.8) is 0 Å². The van der Waals surface area contributed by atoms with Crippen LogP contribution < -0.4 is 15.8 Å². The van der Waals surface area contributed by atoms with Crippen LogP contribution in [0.25, 0.3) is 22.3 Å². The van der Waals surface area contributed by atoms with Crippen molar-refractivity contribution in [2.45, 2.75) is 13.3 Å². The fourth-order valence-electron chi connectivity index (χ4n) is 3.71. The molecule has 156 valence electrons. The van der Waals surface area contributed by atoms with E-state index >= 15 is 0 Å². The van der Waals surface area contributed by atoms with Crippen LogP contribution in [0.15, 0.2) is 79.0 Å². The number of halogens is 1. The summed E-state index contributed by atoms with van der Waals surface area (Å²) in [6, 6.07) is 24.0. The Kier molecular flexibility index (Phi) is 6.10. The minimum Gasteiger partial charge on any atom is -0.495 e. The molecule has 0 atom stereocenters. The third kappa shape index (κ3) is 4.49. The second-order valence-corrected chi connectivity index (χ2v) is 7.65. The van der Waals surface area contributed by atoms with Gasteiger partial charge in [-0.3, -0.25) is 0 Å². The fourth-order valence-corrected chi connectivity index (χ4v) is 3.90. The number of hydrogen-bond acceptors (Lipinski definition) is 4. The molecule has 4 rings (SSSR count). The predicted molar refractivity (Wildman–Crippen MR) is 130 cm³/mol. The largest absolute Gasteiger partial charge is 0.495 e. The lowest BCUT2D eigenvalue weighted by Gasteiger charge is -2.16. The number of ether oxygens (including phenoxy) is 1. The van der Waals surface area contributed by atoms with Gasteiger partial charge in [0.05, 0.1) is 12.8 Å². The van der Waals surface area contributed by atoms with Crippen LogP contribution in [0.1, 0.15) is 12.5 Å². The molecular weight excluding hydrogens is 406 g/mol. The van der Waals surface area contributed by atoms with Gasteiger partial charge in [-0.2, -0.15) is 0 Å². The summed E-state index contributed by atoms with van der Waals surface area (Å²) in [5.41, 5.74) is 13.1. The first-order valence-electron chi connectivity index (χ1n) is 10.1. The smallest absolute Gasteiger partial charge is 0.141 e. The van der Waals surface area contributed by atoms with Gasteiger partial charge in [0.15, 0.2) is 0 Å². The number of nitrogens with one attached hydrogen (secondary N) is 1. The molecule has 4 aromatic rings. The first kappa shape index (κ1) is 20.8. The maximum Gasteiger partial charge on any atom is 0.141 e. The Morgan fingerprint density at radius 3 is 2.42 bits per heavy atom. The van der Waals surface area contributed by atoms with E-state index in [9.17, 15) is 0 Å². The highest BCUT2D eigenvalue weighted by Gasteiger charge is 2.12. The van der Waals surface area contributed by atoms with Gasteiger partial charge in [0.2, 0.25) is 0 Å². The van der Waals surface area contributed by atoms with Crippen molar-refractivity contribution in [1.29, 1.82) is 0 Å². The molecule has 0 aliphatic rings. The Balaban J connectivity index is 1.69. The van der Waals surface area contributed by atoms with Crippen molar-refractivity contribution in [2.75, 3.05) is 18.2 Å². The highest BCUT2D eigenvalue weighted by atomic mass is 35.5. The van der Waals surface area contributed by atoms with Gasteiger partial charge < -0.3 is 15.8 Å². The average Bonchev–Trinajstić information content (AvgIpc) is 2.79. The molecular formula is C26H24ClN3O. The molecule has 0 spiro atoms. The molecule has 0 amide bonds. The lowest BCUT2D eigenvalue weighted by molar-refractivity contribution is 0.417. The first-order valence-corrected chi connectivity index (χ1v) is 10.5. The van der Waals surface area contributed by atoms with E-state index in [2.05, 4.69) is 35.4 Å². The van der Waals surface area contributed by atoms with Gasteiger partial charge in [0.1, 0.15) is 11.6 Å². The minimum atomic E-state index is 0.614. The molecule has 3 aromatic carbocycles. The second-order valence-electron chi connectivity index (χ2n) is 7.21. The maximum atomic E-state index is 6.17. The molecule has 0 saturated carbocycles. The number of nitrogens with two attached hydrogens (primary N) is 1. The highest BCUT2D eigenvalue weighted by molar-refractivity contribution is 6.30. The number of anilines is 3. The third-order valence-corrected chi connectivity index (χ3v) is 5.47. The number of pyridine rings is 1. The summed E-state index contributed by atoms with van der Waals surface area (Å²) in [4.78, 5) is 4.62. The van der Waals surface area contributed by atoms with Crippen molar-refractivity contribution < 1.29 is 4.74 Å². The Morgan fingerprint density at radius 2 is 1.71 bits per heavy atom. The average molecular weight is 430 g/mol. The summed E-state index contributed by atoms with van der Waals surface area (Å²) < 4.78 is 5.29. The molecule has 0 bridgehead atoms. The maximum absolute atomic E-state index is 6.17. The van der Waals surface area contributed by atoms with Crippen molar-refractivity contribution in [3.8, 4) is 28.0 Å². The number of hydrogen-bond donors (Lipinski definition) is 2. The fraction of sp³-hybridized carbons (Fsp3) is 0.115.